The van der Waals surface area contributed by atoms with Crippen molar-refractivity contribution in [2.24, 2.45) is 0 Å². The number of nitrogens with one attached hydrogen (secondary N) is 1. The summed E-state index contributed by atoms with van der Waals surface area (Å²) in [7, 11) is 0. The zero-order chi connectivity index (χ0) is 23.8. The van der Waals surface area contributed by atoms with Crippen LogP contribution in [0.2, 0.25) is 10.0 Å². The summed E-state index contributed by atoms with van der Waals surface area (Å²) in [4.78, 5) is 14.4. The maximum Gasteiger partial charge on any atom is 0.303 e. The molecule has 0 aliphatic carbocycles. The number of ether oxygens (including phenoxy) is 3. The fourth-order valence-corrected chi connectivity index (χ4v) is 4.79. The zero-order valence-corrected chi connectivity index (χ0v) is 19.8. The van der Waals surface area contributed by atoms with Crippen LogP contribution in [-0.2, 0) is 17.6 Å². The number of carboxylic acid groups (broad SMARTS) is 1. The lowest BCUT2D eigenvalue weighted by Gasteiger charge is -2.12. The molecule has 1 aliphatic heterocycles. The van der Waals surface area contributed by atoms with Crippen molar-refractivity contribution in [3.05, 3.63) is 69.7 Å². The van der Waals surface area contributed by atoms with Crippen LogP contribution in [0.25, 0.3) is 22.2 Å². The van der Waals surface area contributed by atoms with E-state index in [1.165, 1.54) is 0 Å². The van der Waals surface area contributed by atoms with Gasteiger partial charge in [0.2, 0.25) is 6.79 Å². The topological polar surface area (TPSA) is 80.8 Å². The number of carboxylic acids is 1. The second kappa shape index (κ2) is 9.12. The minimum atomic E-state index is -0.876. The highest BCUT2D eigenvalue weighted by molar-refractivity contribution is 6.37. The van der Waals surface area contributed by atoms with Crippen molar-refractivity contribution in [2.75, 3.05) is 6.79 Å². The Morgan fingerprint density at radius 3 is 2.56 bits per heavy atom. The number of aryl methyl sites for hydroxylation is 2. The van der Waals surface area contributed by atoms with E-state index in [4.69, 9.17) is 42.5 Å². The maximum absolute atomic E-state index is 10.8. The summed E-state index contributed by atoms with van der Waals surface area (Å²) < 4.78 is 17.0. The number of carbonyl (C=O) groups is 1. The number of aromatic nitrogens is 1. The van der Waals surface area contributed by atoms with Gasteiger partial charge < -0.3 is 24.3 Å². The van der Waals surface area contributed by atoms with E-state index in [2.05, 4.69) is 11.9 Å². The van der Waals surface area contributed by atoms with Crippen molar-refractivity contribution in [2.45, 2.75) is 26.2 Å². The Hall–Kier alpha value is -3.35. The molecule has 2 N–H and O–H groups in total. The minimum absolute atomic E-state index is 0.00250. The summed E-state index contributed by atoms with van der Waals surface area (Å²) in [5, 5.41) is 10.6. The van der Waals surface area contributed by atoms with Crippen LogP contribution in [0.3, 0.4) is 0 Å². The van der Waals surface area contributed by atoms with Gasteiger partial charge in [-0.1, -0.05) is 30.1 Å². The van der Waals surface area contributed by atoms with Crippen LogP contribution in [0, 0.1) is 0 Å². The molecule has 174 valence electrons. The van der Waals surface area contributed by atoms with Gasteiger partial charge in [0.25, 0.3) is 0 Å². The predicted molar refractivity (Wildman–Crippen MR) is 132 cm³/mol. The van der Waals surface area contributed by atoms with E-state index in [1.54, 1.807) is 12.1 Å². The van der Waals surface area contributed by atoms with Crippen molar-refractivity contribution < 1.29 is 24.1 Å². The van der Waals surface area contributed by atoms with Gasteiger partial charge in [-0.3, -0.25) is 4.79 Å². The number of halogens is 2. The van der Waals surface area contributed by atoms with Crippen LogP contribution in [0.15, 0.2) is 48.5 Å². The molecule has 8 heteroatoms. The number of aromatic amines is 1. The summed E-state index contributed by atoms with van der Waals surface area (Å²) in [5.74, 6) is 1.54. The highest BCUT2D eigenvalue weighted by Gasteiger charge is 2.18. The summed E-state index contributed by atoms with van der Waals surface area (Å²) in [5.41, 5.74) is 4.92. The lowest BCUT2D eigenvalue weighted by Crippen LogP contribution is -1.98. The highest BCUT2D eigenvalue weighted by Crippen LogP contribution is 2.41. The molecule has 0 bridgehead atoms. The van der Waals surface area contributed by atoms with Gasteiger partial charge >= 0.3 is 5.97 Å². The molecule has 1 aliphatic rings. The zero-order valence-electron chi connectivity index (χ0n) is 18.3. The molecule has 5 rings (SSSR count). The van der Waals surface area contributed by atoms with E-state index in [0.29, 0.717) is 28.0 Å². The maximum atomic E-state index is 10.8. The molecule has 0 atom stereocenters. The fourth-order valence-electron chi connectivity index (χ4n) is 4.18. The van der Waals surface area contributed by atoms with E-state index in [9.17, 15) is 4.79 Å². The first kappa shape index (κ1) is 22.4. The summed E-state index contributed by atoms with van der Waals surface area (Å²) in [6.07, 6.45) is 1.16. The molecular formula is C26H21Cl2NO5. The summed E-state index contributed by atoms with van der Waals surface area (Å²) >= 11 is 12.8. The first-order chi connectivity index (χ1) is 16.4. The van der Waals surface area contributed by atoms with Crippen molar-refractivity contribution >= 4 is 40.1 Å². The molecule has 1 aromatic heterocycles. The average molecular weight is 498 g/mol. The van der Waals surface area contributed by atoms with Crippen molar-refractivity contribution in [1.82, 2.24) is 4.98 Å². The van der Waals surface area contributed by atoms with Crippen LogP contribution in [0.4, 0.5) is 0 Å². The molecule has 0 unspecified atom stereocenters. The Morgan fingerprint density at radius 1 is 1.06 bits per heavy atom. The average Bonchev–Trinajstić information content (AvgIpc) is 3.43. The van der Waals surface area contributed by atoms with Gasteiger partial charge in [-0.2, -0.15) is 0 Å². The number of rotatable bonds is 7. The SMILES string of the molecule is CCc1c(-c2ccc3c(c2)OCO3)[nH]c2ccc(Oc3c(Cl)cc(CCC(=O)O)cc3Cl)cc12. The fraction of sp³-hybridized carbons (Fsp3) is 0.192. The quantitative estimate of drug-likeness (QED) is 0.281. The van der Waals surface area contributed by atoms with E-state index >= 15 is 0 Å². The summed E-state index contributed by atoms with van der Waals surface area (Å²) in [6.45, 7) is 2.34. The smallest absolute Gasteiger partial charge is 0.303 e. The van der Waals surface area contributed by atoms with Crippen LogP contribution < -0.4 is 14.2 Å². The molecule has 0 spiro atoms. The standard InChI is InChI=1S/C26H21Cl2NO5/c1-2-17-18-12-16(34-26-19(27)9-14(10-20(26)28)3-8-24(30)31)5-6-21(18)29-25(17)15-4-7-22-23(11-15)33-13-32-22/h4-7,9-12,29H,2-3,8,13H2,1H3,(H,30,31). The Kier molecular flexibility index (Phi) is 6.02. The van der Waals surface area contributed by atoms with Crippen LogP contribution in [-0.4, -0.2) is 22.9 Å². The number of benzene rings is 3. The van der Waals surface area contributed by atoms with Gasteiger partial charge in [0, 0.05) is 28.6 Å². The minimum Gasteiger partial charge on any atom is -0.481 e. The molecule has 0 amide bonds. The van der Waals surface area contributed by atoms with E-state index in [-0.39, 0.29) is 13.2 Å². The lowest BCUT2D eigenvalue weighted by atomic mass is 10.0. The molecule has 3 aromatic carbocycles. The second-order valence-electron chi connectivity index (χ2n) is 7.99. The first-order valence-electron chi connectivity index (χ1n) is 10.8. The molecule has 0 saturated heterocycles. The van der Waals surface area contributed by atoms with Crippen LogP contribution in [0.1, 0.15) is 24.5 Å². The molecule has 2 heterocycles. The van der Waals surface area contributed by atoms with Crippen molar-refractivity contribution in [1.29, 1.82) is 0 Å². The number of hydrogen-bond acceptors (Lipinski definition) is 4. The second-order valence-corrected chi connectivity index (χ2v) is 8.81. The van der Waals surface area contributed by atoms with Gasteiger partial charge in [-0.05, 0) is 72.5 Å². The van der Waals surface area contributed by atoms with Gasteiger partial charge in [-0.15, -0.1) is 0 Å². The summed E-state index contributed by atoms with van der Waals surface area (Å²) in [6, 6.07) is 15.1. The molecule has 6 nitrogen and oxygen atoms in total. The predicted octanol–water partition coefficient (Wildman–Crippen LogP) is 7.24. The molecule has 0 fully saturated rings. The Labute approximate surface area is 206 Å². The molecule has 34 heavy (non-hydrogen) atoms. The van der Waals surface area contributed by atoms with Crippen molar-refractivity contribution in [3.8, 4) is 34.3 Å². The third-order valence-corrected chi connectivity index (χ3v) is 6.36. The van der Waals surface area contributed by atoms with Gasteiger partial charge in [0.05, 0.1) is 10.0 Å². The van der Waals surface area contributed by atoms with E-state index < -0.39 is 5.97 Å². The van der Waals surface area contributed by atoms with Gasteiger partial charge in [-0.25, -0.2) is 0 Å². The monoisotopic (exact) mass is 497 g/mol. The van der Waals surface area contributed by atoms with Crippen LogP contribution in [0.5, 0.6) is 23.0 Å². The normalized spacial score (nSPS) is 12.3. The van der Waals surface area contributed by atoms with Gasteiger partial charge in [0.1, 0.15) is 5.75 Å². The van der Waals surface area contributed by atoms with Crippen LogP contribution >= 0.6 is 23.2 Å². The third-order valence-electron chi connectivity index (χ3n) is 5.80. The number of H-pyrrole nitrogens is 1. The highest BCUT2D eigenvalue weighted by atomic mass is 35.5. The van der Waals surface area contributed by atoms with E-state index in [0.717, 1.165) is 51.2 Å². The number of fused-ring (bicyclic) bond motifs is 2. The Bertz CT molecular complexity index is 1390. The Balaban J connectivity index is 1.47. The largest absolute Gasteiger partial charge is 0.481 e. The lowest BCUT2D eigenvalue weighted by molar-refractivity contribution is -0.136. The number of hydrogen-bond donors (Lipinski definition) is 2. The first-order valence-corrected chi connectivity index (χ1v) is 11.6. The molecule has 0 saturated carbocycles. The molecule has 4 aromatic rings. The van der Waals surface area contributed by atoms with Gasteiger partial charge in [0.15, 0.2) is 17.2 Å². The third kappa shape index (κ3) is 4.27. The Morgan fingerprint density at radius 2 is 1.82 bits per heavy atom. The molecular weight excluding hydrogens is 477 g/mol. The number of aliphatic carboxylic acids is 1. The molecule has 0 radical (unpaired) electrons. The van der Waals surface area contributed by atoms with E-state index in [1.807, 2.05) is 36.4 Å². The van der Waals surface area contributed by atoms with Crippen molar-refractivity contribution in [3.63, 3.8) is 0 Å².